The number of carbonyl (C=O) groups is 1. The number of sulfone groups is 1. The lowest BCUT2D eigenvalue weighted by Gasteiger charge is -2.21. The molecule has 1 N–H and O–H groups in total. The first-order chi connectivity index (χ1) is 7.26. The third-order valence-corrected chi connectivity index (χ3v) is 3.82. The van der Waals surface area contributed by atoms with Crippen molar-refractivity contribution >= 4 is 15.8 Å². The van der Waals surface area contributed by atoms with Gasteiger partial charge < -0.3 is 5.11 Å². The predicted molar refractivity (Wildman–Crippen MR) is 63.2 cm³/mol. The third-order valence-electron chi connectivity index (χ3n) is 2.14. The summed E-state index contributed by atoms with van der Waals surface area (Å²) in [6.45, 7) is 6.34. The average molecular weight is 251 g/mol. The zero-order valence-electron chi connectivity index (χ0n) is 10.1. The van der Waals surface area contributed by atoms with E-state index >= 15 is 0 Å². The van der Waals surface area contributed by atoms with Crippen LogP contribution in [0.2, 0.25) is 0 Å². The molecule has 0 aromatic heterocycles. The Morgan fingerprint density at radius 2 is 1.94 bits per heavy atom. The molecule has 0 saturated carbocycles. The van der Waals surface area contributed by atoms with Crippen molar-refractivity contribution in [3.63, 3.8) is 0 Å². The number of hydrogen-bond acceptors (Lipinski definition) is 4. The van der Waals surface area contributed by atoms with Gasteiger partial charge in [0.25, 0.3) is 0 Å². The number of hydrogen-bond donors (Lipinski definition) is 1. The van der Waals surface area contributed by atoms with Crippen LogP contribution in [0.3, 0.4) is 0 Å². The quantitative estimate of drug-likeness (QED) is 0.678. The van der Waals surface area contributed by atoms with Crippen molar-refractivity contribution in [2.45, 2.75) is 20.8 Å². The summed E-state index contributed by atoms with van der Waals surface area (Å²) in [6.07, 6.45) is 0. The van der Waals surface area contributed by atoms with Crippen LogP contribution in [-0.4, -0.2) is 55.5 Å². The molecule has 0 fully saturated rings. The van der Waals surface area contributed by atoms with Crippen LogP contribution < -0.4 is 0 Å². The van der Waals surface area contributed by atoms with Crippen LogP contribution in [0.15, 0.2) is 0 Å². The van der Waals surface area contributed by atoms with Gasteiger partial charge in [-0.05, 0) is 5.92 Å². The van der Waals surface area contributed by atoms with Crippen molar-refractivity contribution < 1.29 is 18.3 Å². The minimum Gasteiger partial charge on any atom is -0.480 e. The zero-order valence-corrected chi connectivity index (χ0v) is 11.0. The van der Waals surface area contributed by atoms with E-state index in [2.05, 4.69) is 0 Å². The molecule has 0 aliphatic carbocycles. The molecule has 0 spiro atoms. The Hall–Kier alpha value is -0.620. The van der Waals surface area contributed by atoms with Crippen molar-refractivity contribution in [2.24, 2.45) is 5.92 Å². The van der Waals surface area contributed by atoms with Crippen LogP contribution in [0.4, 0.5) is 0 Å². The molecule has 0 atom stereocenters. The molecular formula is C10H21NO4S. The Morgan fingerprint density at radius 1 is 1.38 bits per heavy atom. The highest BCUT2D eigenvalue weighted by Gasteiger charge is 2.15. The highest BCUT2D eigenvalue weighted by Crippen LogP contribution is 2.00. The maximum Gasteiger partial charge on any atom is 0.317 e. The van der Waals surface area contributed by atoms with Crippen molar-refractivity contribution in [3.05, 3.63) is 0 Å². The van der Waals surface area contributed by atoms with E-state index < -0.39 is 15.8 Å². The number of rotatable bonds is 8. The molecule has 0 aromatic rings. The molecule has 16 heavy (non-hydrogen) atoms. The summed E-state index contributed by atoms with van der Waals surface area (Å²) in [6, 6.07) is 0. The van der Waals surface area contributed by atoms with E-state index in [0.29, 0.717) is 19.0 Å². The predicted octanol–water partition coefficient (Wildman–Crippen LogP) is 0.464. The molecule has 6 heteroatoms. The van der Waals surface area contributed by atoms with Crippen molar-refractivity contribution in [2.75, 3.05) is 31.1 Å². The van der Waals surface area contributed by atoms with E-state index in [1.807, 2.05) is 13.8 Å². The molecule has 0 unspecified atom stereocenters. The van der Waals surface area contributed by atoms with Gasteiger partial charge in [0, 0.05) is 18.8 Å². The maximum absolute atomic E-state index is 11.3. The van der Waals surface area contributed by atoms with Crippen LogP contribution in [0.1, 0.15) is 20.8 Å². The smallest absolute Gasteiger partial charge is 0.317 e. The molecule has 0 saturated heterocycles. The topological polar surface area (TPSA) is 74.7 Å². The summed E-state index contributed by atoms with van der Waals surface area (Å²) in [5, 5.41) is 8.69. The Labute approximate surface area is 97.4 Å². The van der Waals surface area contributed by atoms with Crippen LogP contribution in [0, 0.1) is 5.92 Å². The second kappa shape index (κ2) is 6.85. The SMILES string of the molecule is CCS(=O)(=O)CCN(CC(=O)O)CC(C)C. The summed E-state index contributed by atoms with van der Waals surface area (Å²) >= 11 is 0. The molecule has 0 heterocycles. The van der Waals surface area contributed by atoms with Crippen molar-refractivity contribution in [1.29, 1.82) is 0 Å². The number of nitrogens with zero attached hydrogens (tertiary/aromatic N) is 1. The second-order valence-electron chi connectivity index (χ2n) is 4.26. The number of aliphatic carboxylic acids is 1. The first kappa shape index (κ1) is 15.4. The standard InChI is InChI=1S/C10H21NO4S/c1-4-16(14,15)6-5-11(7-9(2)3)8-10(12)13/h9H,4-8H2,1-3H3,(H,12,13). The van der Waals surface area contributed by atoms with Gasteiger partial charge in [0.05, 0.1) is 12.3 Å². The summed E-state index contributed by atoms with van der Waals surface area (Å²) in [7, 11) is -3.02. The Kier molecular flexibility index (Phi) is 6.59. The third kappa shape index (κ3) is 7.64. The van der Waals surface area contributed by atoms with E-state index in [0.717, 1.165) is 0 Å². The summed E-state index contributed by atoms with van der Waals surface area (Å²) in [4.78, 5) is 12.3. The second-order valence-corrected chi connectivity index (χ2v) is 6.73. The Bertz CT molecular complexity index is 311. The molecule has 5 nitrogen and oxygen atoms in total. The van der Waals surface area contributed by atoms with E-state index in [1.165, 1.54) is 0 Å². The highest BCUT2D eigenvalue weighted by atomic mass is 32.2. The minimum absolute atomic E-state index is 0.0313. The van der Waals surface area contributed by atoms with Crippen LogP contribution in [0.5, 0.6) is 0 Å². The van der Waals surface area contributed by atoms with Crippen LogP contribution >= 0.6 is 0 Å². The van der Waals surface area contributed by atoms with Gasteiger partial charge in [-0.25, -0.2) is 8.42 Å². The van der Waals surface area contributed by atoms with E-state index in [9.17, 15) is 13.2 Å². The molecule has 0 bridgehead atoms. The lowest BCUT2D eigenvalue weighted by atomic mass is 10.2. The zero-order chi connectivity index (χ0) is 12.8. The van der Waals surface area contributed by atoms with Crippen molar-refractivity contribution in [1.82, 2.24) is 4.90 Å². The monoisotopic (exact) mass is 251 g/mol. The first-order valence-electron chi connectivity index (χ1n) is 5.41. The summed E-state index contributed by atoms with van der Waals surface area (Å²) < 4.78 is 22.6. The number of carboxylic acids is 1. The van der Waals surface area contributed by atoms with Gasteiger partial charge in [-0.15, -0.1) is 0 Å². The van der Waals surface area contributed by atoms with Gasteiger partial charge in [0.15, 0.2) is 9.84 Å². The van der Waals surface area contributed by atoms with E-state index in [-0.39, 0.29) is 18.1 Å². The molecule has 0 amide bonds. The molecular weight excluding hydrogens is 230 g/mol. The molecule has 0 rings (SSSR count). The molecule has 96 valence electrons. The fourth-order valence-electron chi connectivity index (χ4n) is 1.36. The van der Waals surface area contributed by atoms with Crippen LogP contribution in [-0.2, 0) is 14.6 Å². The molecule has 0 radical (unpaired) electrons. The molecule has 0 aliphatic heterocycles. The average Bonchev–Trinajstić information content (AvgIpc) is 2.13. The fourth-order valence-corrected chi connectivity index (χ4v) is 2.18. The van der Waals surface area contributed by atoms with E-state index in [1.54, 1.807) is 11.8 Å². The summed E-state index contributed by atoms with van der Waals surface area (Å²) in [5.41, 5.74) is 0. The summed E-state index contributed by atoms with van der Waals surface area (Å²) in [5.74, 6) is -0.461. The number of carboxylic acid groups (broad SMARTS) is 1. The van der Waals surface area contributed by atoms with Gasteiger partial charge in [0.1, 0.15) is 0 Å². The molecule has 0 aromatic carbocycles. The van der Waals surface area contributed by atoms with Crippen LogP contribution in [0.25, 0.3) is 0 Å². The van der Waals surface area contributed by atoms with Gasteiger partial charge in [0.2, 0.25) is 0 Å². The normalized spacial score (nSPS) is 12.3. The minimum atomic E-state index is -3.02. The van der Waals surface area contributed by atoms with E-state index in [4.69, 9.17) is 5.11 Å². The fraction of sp³-hybridized carbons (Fsp3) is 0.900. The van der Waals surface area contributed by atoms with Gasteiger partial charge in [-0.1, -0.05) is 20.8 Å². The first-order valence-corrected chi connectivity index (χ1v) is 7.23. The lowest BCUT2D eigenvalue weighted by Crippen LogP contribution is -2.36. The maximum atomic E-state index is 11.3. The van der Waals surface area contributed by atoms with Crippen molar-refractivity contribution in [3.8, 4) is 0 Å². The Balaban J connectivity index is 4.26. The van der Waals surface area contributed by atoms with Gasteiger partial charge in [-0.2, -0.15) is 0 Å². The van der Waals surface area contributed by atoms with Gasteiger partial charge >= 0.3 is 5.97 Å². The lowest BCUT2D eigenvalue weighted by molar-refractivity contribution is -0.138. The highest BCUT2D eigenvalue weighted by molar-refractivity contribution is 7.91. The van der Waals surface area contributed by atoms with Gasteiger partial charge in [-0.3, -0.25) is 9.69 Å². The largest absolute Gasteiger partial charge is 0.480 e. The Morgan fingerprint density at radius 3 is 2.31 bits per heavy atom. The molecule has 0 aliphatic rings.